The molecular formula is C13H9ClS2. The van der Waals surface area contributed by atoms with Crippen LogP contribution in [0.5, 0.6) is 0 Å². The molecule has 0 saturated heterocycles. The molecule has 2 aromatic heterocycles. The van der Waals surface area contributed by atoms with Crippen molar-refractivity contribution in [3.8, 4) is 0 Å². The zero-order chi connectivity index (χ0) is 11.0. The molecule has 0 N–H and O–H groups in total. The van der Waals surface area contributed by atoms with Gasteiger partial charge in [-0.1, -0.05) is 29.8 Å². The minimum atomic E-state index is 0.860. The second-order valence-electron chi connectivity index (χ2n) is 3.63. The maximum atomic E-state index is 6.15. The van der Waals surface area contributed by atoms with E-state index in [1.165, 1.54) is 19.8 Å². The van der Waals surface area contributed by atoms with Crippen molar-refractivity contribution in [2.75, 3.05) is 0 Å². The van der Waals surface area contributed by atoms with Crippen LogP contribution in [-0.2, 0) is 6.42 Å². The van der Waals surface area contributed by atoms with Crippen LogP contribution in [0.2, 0.25) is 5.02 Å². The molecule has 0 radical (unpaired) electrons. The van der Waals surface area contributed by atoms with Gasteiger partial charge in [0.25, 0.3) is 0 Å². The van der Waals surface area contributed by atoms with Gasteiger partial charge in [-0.2, -0.15) is 0 Å². The number of rotatable bonds is 2. The van der Waals surface area contributed by atoms with Gasteiger partial charge in [0.2, 0.25) is 0 Å². The molecule has 0 saturated carbocycles. The lowest BCUT2D eigenvalue weighted by Crippen LogP contribution is -1.84. The van der Waals surface area contributed by atoms with Crippen molar-refractivity contribution in [2.24, 2.45) is 0 Å². The van der Waals surface area contributed by atoms with Crippen molar-refractivity contribution in [1.29, 1.82) is 0 Å². The van der Waals surface area contributed by atoms with Crippen LogP contribution in [-0.4, -0.2) is 0 Å². The molecule has 0 aliphatic heterocycles. The van der Waals surface area contributed by atoms with E-state index in [0.29, 0.717) is 0 Å². The van der Waals surface area contributed by atoms with Crippen LogP contribution in [0, 0.1) is 0 Å². The number of benzene rings is 1. The third-order valence-corrected chi connectivity index (χ3v) is 4.98. The number of thiophene rings is 2. The fourth-order valence-electron chi connectivity index (χ4n) is 1.73. The molecule has 0 atom stereocenters. The second kappa shape index (κ2) is 4.21. The Labute approximate surface area is 107 Å². The highest BCUT2D eigenvalue weighted by Crippen LogP contribution is 2.32. The lowest BCUT2D eigenvalue weighted by molar-refractivity contribution is 1.24. The van der Waals surface area contributed by atoms with Crippen LogP contribution >= 0.6 is 34.3 Å². The van der Waals surface area contributed by atoms with Crippen molar-refractivity contribution < 1.29 is 0 Å². The molecule has 0 spiro atoms. The van der Waals surface area contributed by atoms with Crippen molar-refractivity contribution in [1.82, 2.24) is 0 Å². The first-order valence-corrected chi connectivity index (χ1v) is 7.09. The van der Waals surface area contributed by atoms with Gasteiger partial charge in [0.1, 0.15) is 0 Å². The summed E-state index contributed by atoms with van der Waals surface area (Å²) in [6, 6.07) is 12.5. The highest BCUT2D eigenvalue weighted by Gasteiger charge is 2.05. The van der Waals surface area contributed by atoms with Gasteiger partial charge in [0.15, 0.2) is 0 Å². The Morgan fingerprint density at radius 2 is 1.94 bits per heavy atom. The van der Waals surface area contributed by atoms with Gasteiger partial charge in [0, 0.05) is 25.7 Å². The summed E-state index contributed by atoms with van der Waals surface area (Å²) in [6.45, 7) is 0. The van der Waals surface area contributed by atoms with Gasteiger partial charge in [-0.3, -0.25) is 0 Å². The SMILES string of the molecule is Clc1ccccc1Cc1cc2sccc2s1. The molecule has 3 rings (SSSR count). The standard InChI is InChI=1S/C13H9ClS2/c14-11-4-2-1-3-9(11)7-10-8-13-12(16-10)5-6-15-13/h1-6,8H,7H2. The van der Waals surface area contributed by atoms with Crippen LogP contribution in [0.4, 0.5) is 0 Å². The summed E-state index contributed by atoms with van der Waals surface area (Å²) in [5.41, 5.74) is 1.21. The van der Waals surface area contributed by atoms with Crippen LogP contribution < -0.4 is 0 Å². The smallest absolute Gasteiger partial charge is 0.0453 e. The van der Waals surface area contributed by atoms with Gasteiger partial charge >= 0.3 is 0 Å². The summed E-state index contributed by atoms with van der Waals surface area (Å²) in [6.07, 6.45) is 0.936. The van der Waals surface area contributed by atoms with Crippen molar-refractivity contribution in [2.45, 2.75) is 6.42 Å². The second-order valence-corrected chi connectivity index (χ2v) is 6.15. The predicted octanol–water partition coefficient (Wildman–Crippen LogP) is 5.21. The lowest BCUT2D eigenvalue weighted by Gasteiger charge is -2.00. The molecule has 0 aliphatic rings. The third-order valence-electron chi connectivity index (χ3n) is 2.51. The molecule has 0 bridgehead atoms. The molecule has 80 valence electrons. The van der Waals surface area contributed by atoms with Crippen molar-refractivity contribution in [3.05, 3.63) is 57.2 Å². The monoisotopic (exact) mass is 264 g/mol. The molecule has 0 unspecified atom stereocenters. The zero-order valence-corrected chi connectivity index (χ0v) is 10.8. The summed E-state index contributed by atoms with van der Waals surface area (Å²) in [4.78, 5) is 1.38. The Hall–Kier alpha value is -0.830. The quantitative estimate of drug-likeness (QED) is 0.596. The van der Waals surface area contributed by atoms with E-state index in [4.69, 9.17) is 11.6 Å². The van der Waals surface area contributed by atoms with Crippen LogP contribution in [0.3, 0.4) is 0 Å². The summed E-state index contributed by atoms with van der Waals surface area (Å²) < 4.78 is 2.76. The summed E-state index contributed by atoms with van der Waals surface area (Å²) in [5.74, 6) is 0. The van der Waals surface area contributed by atoms with E-state index < -0.39 is 0 Å². The topological polar surface area (TPSA) is 0 Å². The summed E-state index contributed by atoms with van der Waals surface area (Å²) in [7, 11) is 0. The molecule has 1 aromatic carbocycles. The minimum Gasteiger partial charge on any atom is -0.143 e. The molecule has 0 fully saturated rings. The van der Waals surface area contributed by atoms with Crippen LogP contribution in [0.15, 0.2) is 41.8 Å². The van der Waals surface area contributed by atoms with E-state index in [-0.39, 0.29) is 0 Å². The average Bonchev–Trinajstić information content (AvgIpc) is 2.81. The Morgan fingerprint density at radius 1 is 1.06 bits per heavy atom. The molecule has 0 aliphatic carbocycles. The van der Waals surface area contributed by atoms with Crippen molar-refractivity contribution >= 4 is 43.7 Å². The van der Waals surface area contributed by atoms with E-state index in [0.717, 1.165) is 11.4 Å². The van der Waals surface area contributed by atoms with Gasteiger partial charge < -0.3 is 0 Å². The zero-order valence-electron chi connectivity index (χ0n) is 8.44. The largest absolute Gasteiger partial charge is 0.143 e. The first-order chi connectivity index (χ1) is 7.83. The summed E-state index contributed by atoms with van der Waals surface area (Å²) in [5, 5.41) is 3.00. The van der Waals surface area contributed by atoms with Crippen LogP contribution in [0.25, 0.3) is 9.40 Å². The Kier molecular flexibility index (Phi) is 2.72. The van der Waals surface area contributed by atoms with Gasteiger partial charge in [-0.15, -0.1) is 22.7 Å². The average molecular weight is 265 g/mol. The normalized spacial score (nSPS) is 11.1. The van der Waals surface area contributed by atoms with E-state index in [1.807, 2.05) is 29.5 Å². The molecule has 3 heteroatoms. The maximum absolute atomic E-state index is 6.15. The van der Waals surface area contributed by atoms with E-state index >= 15 is 0 Å². The number of halogens is 1. The predicted molar refractivity (Wildman–Crippen MR) is 74.0 cm³/mol. The molecule has 16 heavy (non-hydrogen) atoms. The molecule has 0 nitrogen and oxygen atoms in total. The number of hydrogen-bond acceptors (Lipinski definition) is 2. The van der Waals surface area contributed by atoms with Crippen molar-refractivity contribution in [3.63, 3.8) is 0 Å². The van der Waals surface area contributed by atoms with E-state index in [1.54, 1.807) is 11.3 Å². The fraction of sp³-hybridized carbons (Fsp3) is 0.0769. The molecule has 0 amide bonds. The molecule has 3 aromatic rings. The van der Waals surface area contributed by atoms with Gasteiger partial charge in [-0.25, -0.2) is 0 Å². The Morgan fingerprint density at radius 3 is 2.75 bits per heavy atom. The minimum absolute atomic E-state index is 0.860. The first-order valence-electron chi connectivity index (χ1n) is 5.02. The number of fused-ring (bicyclic) bond motifs is 1. The highest BCUT2D eigenvalue weighted by atomic mass is 35.5. The lowest BCUT2D eigenvalue weighted by atomic mass is 10.1. The Bertz CT molecular complexity index is 593. The Balaban J connectivity index is 1.95. The first kappa shape index (κ1) is 10.3. The summed E-state index contributed by atoms with van der Waals surface area (Å²) >= 11 is 9.81. The number of hydrogen-bond donors (Lipinski definition) is 0. The molecular weight excluding hydrogens is 256 g/mol. The maximum Gasteiger partial charge on any atom is 0.0453 e. The third kappa shape index (κ3) is 1.88. The van der Waals surface area contributed by atoms with E-state index in [2.05, 4.69) is 23.6 Å². The fourth-order valence-corrected chi connectivity index (χ4v) is 4.09. The van der Waals surface area contributed by atoms with Gasteiger partial charge in [-0.05, 0) is 29.1 Å². The highest BCUT2D eigenvalue weighted by molar-refractivity contribution is 7.26. The van der Waals surface area contributed by atoms with E-state index in [9.17, 15) is 0 Å². The van der Waals surface area contributed by atoms with Gasteiger partial charge in [0.05, 0.1) is 0 Å². The van der Waals surface area contributed by atoms with Crippen LogP contribution in [0.1, 0.15) is 10.4 Å². The molecule has 2 heterocycles.